The van der Waals surface area contributed by atoms with Gasteiger partial charge in [-0.3, -0.25) is 4.68 Å². The zero-order chi connectivity index (χ0) is 22.7. The smallest absolute Gasteiger partial charge is 0.243 e. The molecule has 0 amide bonds. The van der Waals surface area contributed by atoms with Gasteiger partial charge in [-0.15, -0.1) is 12.4 Å². The van der Waals surface area contributed by atoms with Crippen LogP contribution in [0.3, 0.4) is 0 Å². The van der Waals surface area contributed by atoms with Crippen LogP contribution in [0.25, 0.3) is 0 Å². The van der Waals surface area contributed by atoms with Crippen molar-refractivity contribution >= 4 is 34.0 Å². The van der Waals surface area contributed by atoms with Crippen molar-refractivity contribution in [1.82, 2.24) is 14.5 Å². The number of aromatic nitrogens is 2. The van der Waals surface area contributed by atoms with Gasteiger partial charge in [-0.1, -0.05) is 29.8 Å². The number of sulfonamides is 1. The molecule has 2 unspecified atom stereocenters. The predicted octanol–water partition coefficient (Wildman–Crippen LogP) is 3.45. The molecular formula is C23H28Cl2N4O3S. The van der Waals surface area contributed by atoms with Gasteiger partial charge in [0, 0.05) is 36.8 Å². The minimum Gasteiger partial charge on any atom is -0.492 e. The highest BCUT2D eigenvalue weighted by molar-refractivity contribution is 7.89. The van der Waals surface area contributed by atoms with Gasteiger partial charge < -0.3 is 10.5 Å². The summed E-state index contributed by atoms with van der Waals surface area (Å²) in [6, 6.07) is 14.0. The second kappa shape index (κ2) is 10.9. The van der Waals surface area contributed by atoms with Crippen molar-refractivity contribution in [2.24, 2.45) is 12.8 Å². The normalized spacial score (nSPS) is 17.8. The zero-order valence-corrected chi connectivity index (χ0v) is 20.7. The van der Waals surface area contributed by atoms with Crippen LogP contribution in [0.2, 0.25) is 5.02 Å². The van der Waals surface area contributed by atoms with Gasteiger partial charge in [0.25, 0.3) is 0 Å². The molecule has 10 heteroatoms. The molecule has 1 heterocycles. The number of aryl methyl sites for hydroxylation is 2. The highest BCUT2D eigenvalue weighted by atomic mass is 35.5. The fourth-order valence-corrected chi connectivity index (χ4v) is 5.21. The molecule has 0 aliphatic heterocycles. The van der Waals surface area contributed by atoms with Crippen LogP contribution in [0.4, 0.5) is 0 Å². The molecule has 0 radical (unpaired) electrons. The van der Waals surface area contributed by atoms with E-state index in [9.17, 15) is 8.42 Å². The summed E-state index contributed by atoms with van der Waals surface area (Å²) in [5.41, 5.74) is 10.2. The minimum absolute atomic E-state index is 0. The van der Waals surface area contributed by atoms with Crippen molar-refractivity contribution in [2.45, 2.75) is 36.1 Å². The Kier molecular flexibility index (Phi) is 8.42. The fourth-order valence-electron chi connectivity index (χ4n) is 4.09. The maximum absolute atomic E-state index is 12.3. The molecule has 33 heavy (non-hydrogen) atoms. The third-order valence-corrected chi connectivity index (χ3v) is 7.47. The van der Waals surface area contributed by atoms with E-state index in [-0.39, 0.29) is 42.4 Å². The predicted molar refractivity (Wildman–Crippen MR) is 132 cm³/mol. The van der Waals surface area contributed by atoms with Crippen LogP contribution in [0.5, 0.6) is 5.75 Å². The van der Waals surface area contributed by atoms with Gasteiger partial charge in [0.1, 0.15) is 17.3 Å². The second-order valence-corrected chi connectivity index (χ2v) is 10.3. The molecule has 1 aliphatic rings. The van der Waals surface area contributed by atoms with Crippen LogP contribution < -0.4 is 15.2 Å². The Balaban J connectivity index is 0.00000306. The Bertz CT molecular complexity index is 1180. The molecule has 0 fully saturated rings. The number of fused-ring (bicyclic) bond motifs is 1. The summed E-state index contributed by atoms with van der Waals surface area (Å²) in [7, 11) is -1.93. The van der Waals surface area contributed by atoms with E-state index in [1.54, 1.807) is 7.05 Å². The first-order valence-corrected chi connectivity index (χ1v) is 12.4. The number of hydrogen-bond donors (Lipinski definition) is 2. The Morgan fingerprint density at radius 3 is 2.70 bits per heavy atom. The number of nitrogens with zero attached hydrogens (tertiary/aromatic N) is 2. The molecule has 2 atom stereocenters. The number of hydrogen-bond acceptors (Lipinski definition) is 5. The van der Waals surface area contributed by atoms with Crippen molar-refractivity contribution in [3.8, 4) is 5.75 Å². The molecule has 7 nitrogen and oxygen atoms in total. The summed E-state index contributed by atoms with van der Waals surface area (Å²) in [6.45, 7) is 0.369. The quantitative estimate of drug-likeness (QED) is 0.452. The third kappa shape index (κ3) is 6.28. The molecule has 178 valence electrons. The molecule has 0 spiro atoms. The van der Waals surface area contributed by atoms with E-state index < -0.39 is 10.0 Å². The fraction of sp³-hybridized carbons (Fsp3) is 0.348. The minimum atomic E-state index is -3.60. The van der Waals surface area contributed by atoms with Crippen LogP contribution in [-0.2, 0) is 29.9 Å². The number of halogens is 2. The molecular weight excluding hydrogens is 483 g/mol. The zero-order valence-electron chi connectivity index (χ0n) is 18.3. The highest BCUT2D eigenvalue weighted by Crippen LogP contribution is 2.36. The molecule has 3 N–H and O–H groups in total. The number of nitrogens with two attached hydrogens (primary N) is 1. The van der Waals surface area contributed by atoms with Gasteiger partial charge in [-0.25, -0.2) is 13.1 Å². The lowest BCUT2D eigenvalue weighted by atomic mass is 9.76. The molecule has 3 aromatic rings. The number of rotatable bonds is 8. The summed E-state index contributed by atoms with van der Waals surface area (Å²) >= 11 is 6.02. The van der Waals surface area contributed by atoms with Gasteiger partial charge in [-0.2, -0.15) is 5.10 Å². The number of ether oxygens (including phenoxy) is 1. The van der Waals surface area contributed by atoms with Gasteiger partial charge in [0.15, 0.2) is 0 Å². The van der Waals surface area contributed by atoms with E-state index in [1.807, 2.05) is 36.4 Å². The van der Waals surface area contributed by atoms with E-state index in [4.69, 9.17) is 22.1 Å². The molecule has 0 bridgehead atoms. The van der Waals surface area contributed by atoms with Crippen molar-refractivity contribution in [3.05, 3.63) is 76.6 Å². The summed E-state index contributed by atoms with van der Waals surface area (Å²) in [4.78, 5) is 0.132. The average molecular weight is 511 g/mol. The van der Waals surface area contributed by atoms with E-state index in [2.05, 4.69) is 15.9 Å². The van der Waals surface area contributed by atoms with Crippen molar-refractivity contribution in [2.75, 3.05) is 13.2 Å². The molecule has 0 saturated heterocycles. The van der Waals surface area contributed by atoms with Gasteiger partial charge in [-0.05, 0) is 60.2 Å². The Morgan fingerprint density at radius 1 is 1.24 bits per heavy atom. The summed E-state index contributed by atoms with van der Waals surface area (Å²) in [5, 5.41) is 4.62. The Labute approximate surface area is 205 Å². The van der Waals surface area contributed by atoms with Crippen molar-refractivity contribution in [1.29, 1.82) is 0 Å². The lowest BCUT2D eigenvalue weighted by Crippen LogP contribution is -2.34. The van der Waals surface area contributed by atoms with E-state index in [0.29, 0.717) is 5.75 Å². The maximum Gasteiger partial charge on any atom is 0.243 e. The van der Waals surface area contributed by atoms with Crippen molar-refractivity contribution in [3.63, 3.8) is 0 Å². The van der Waals surface area contributed by atoms with Gasteiger partial charge in [0.2, 0.25) is 10.0 Å². The van der Waals surface area contributed by atoms with E-state index in [1.165, 1.54) is 33.8 Å². The van der Waals surface area contributed by atoms with Crippen LogP contribution in [-0.4, -0.2) is 37.4 Å². The van der Waals surface area contributed by atoms with Crippen LogP contribution in [0, 0.1) is 0 Å². The highest BCUT2D eigenvalue weighted by Gasteiger charge is 2.27. The SMILES string of the molecule is Cl.Cn1cc(S(=O)(=O)NCCOc2ccc3c(c2)C(Cc2ccc(Cl)cc2)C(N)CC3)cn1. The third-order valence-electron chi connectivity index (χ3n) is 5.80. The van der Waals surface area contributed by atoms with Gasteiger partial charge in [0.05, 0.1) is 6.20 Å². The van der Waals surface area contributed by atoms with Gasteiger partial charge >= 0.3 is 0 Å². The summed E-state index contributed by atoms with van der Waals surface area (Å²) in [6.07, 6.45) is 5.49. The molecule has 1 aromatic heterocycles. The number of nitrogens with one attached hydrogen (secondary N) is 1. The molecule has 1 aliphatic carbocycles. The Hall–Kier alpha value is -2.10. The van der Waals surface area contributed by atoms with E-state index >= 15 is 0 Å². The summed E-state index contributed by atoms with van der Waals surface area (Å²) < 4.78 is 34.4. The molecule has 2 aromatic carbocycles. The van der Waals surface area contributed by atoms with Crippen molar-refractivity contribution < 1.29 is 13.2 Å². The lowest BCUT2D eigenvalue weighted by molar-refractivity contribution is 0.321. The van der Waals surface area contributed by atoms with Crippen LogP contribution in [0.15, 0.2) is 59.8 Å². The largest absolute Gasteiger partial charge is 0.492 e. The standard InChI is InChI=1S/C23H27ClN4O3S.ClH/c1-28-15-20(14-26-28)32(29,30)27-10-11-31-19-8-4-17-5-9-23(25)22(21(17)13-19)12-16-2-6-18(24)7-3-16;/h2-4,6-8,13-15,22-23,27H,5,9-12,25H2,1H3;1H. The monoisotopic (exact) mass is 510 g/mol. The first kappa shape index (κ1) is 25.5. The van der Waals surface area contributed by atoms with E-state index in [0.717, 1.165) is 24.3 Å². The molecule has 4 rings (SSSR count). The van der Waals surface area contributed by atoms with Crippen LogP contribution in [0.1, 0.15) is 29.0 Å². The summed E-state index contributed by atoms with van der Waals surface area (Å²) in [5.74, 6) is 0.895. The Morgan fingerprint density at radius 2 is 2.00 bits per heavy atom. The molecule has 0 saturated carbocycles. The van der Waals surface area contributed by atoms with Crippen LogP contribution >= 0.6 is 24.0 Å². The first-order valence-electron chi connectivity index (χ1n) is 10.6. The average Bonchev–Trinajstić information content (AvgIpc) is 3.22. The first-order chi connectivity index (χ1) is 15.3. The second-order valence-electron chi connectivity index (χ2n) is 8.10. The topological polar surface area (TPSA) is 99.2 Å². The lowest BCUT2D eigenvalue weighted by Gasteiger charge is -2.32. The number of benzene rings is 2. The maximum atomic E-state index is 12.3.